The summed E-state index contributed by atoms with van der Waals surface area (Å²) in [5, 5.41) is 1.22. The van der Waals surface area contributed by atoms with Gasteiger partial charge in [-0.15, -0.1) is 0 Å². The van der Waals surface area contributed by atoms with Gasteiger partial charge in [0.15, 0.2) is 0 Å². The number of rotatable bonds is 5. The first-order valence-electron chi connectivity index (χ1n) is 8.24. The van der Waals surface area contributed by atoms with Crippen molar-refractivity contribution in [3.05, 3.63) is 59.8 Å². The highest BCUT2D eigenvalue weighted by molar-refractivity contribution is 5.81. The van der Waals surface area contributed by atoms with Gasteiger partial charge in [0.05, 0.1) is 0 Å². The van der Waals surface area contributed by atoms with E-state index in [0.29, 0.717) is 24.4 Å². The molecule has 23 heavy (non-hydrogen) atoms. The minimum absolute atomic E-state index is 0.377. The van der Waals surface area contributed by atoms with Crippen LogP contribution in [0.25, 0.3) is 11.0 Å². The zero-order chi connectivity index (χ0) is 16.4. The predicted octanol–water partition coefficient (Wildman–Crippen LogP) is 5.32. The van der Waals surface area contributed by atoms with Crippen LogP contribution in [0.5, 0.6) is 5.88 Å². The number of aromatic nitrogens is 2. The Morgan fingerprint density at radius 3 is 2.39 bits per heavy atom. The third kappa shape index (κ3) is 3.24. The lowest BCUT2D eigenvalue weighted by Crippen LogP contribution is -2.01. The lowest BCUT2D eigenvalue weighted by molar-refractivity contribution is 0.294. The smallest absolute Gasteiger partial charge is 0.215 e. The number of nitrogens with zero attached hydrogens (tertiary/aromatic N) is 2. The minimum Gasteiger partial charge on any atom is -0.473 e. The van der Waals surface area contributed by atoms with Crippen LogP contribution in [0.15, 0.2) is 48.7 Å². The first-order chi connectivity index (χ1) is 11.1. The molecule has 0 radical (unpaired) electrons. The molecule has 0 atom stereocenters. The molecule has 0 aliphatic carbocycles. The Bertz CT molecular complexity index is 788. The van der Waals surface area contributed by atoms with Crippen molar-refractivity contribution in [2.24, 2.45) is 0 Å². The average Bonchev–Trinajstić information content (AvgIpc) is 2.93. The van der Waals surface area contributed by atoms with Gasteiger partial charge < -0.3 is 9.30 Å². The molecule has 0 aliphatic rings. The van der Waals surface area contributed by atoms with Gasteiger partial charge >= 0.3 is 0 Å². The molecule has 120 valence electrons. The molecule has 0 saturated carbocycles. The summed E-state index contributed by atoms with van der Waals surface area (Å²) in [7, 11) is 0. The standard InChI is InChI=1S/C20H24N2O/c1-14(2)18-12-22(15(3)4)20-17(18)10-11-19(21-20)23-13-16-8-6-5-7-9-16/h5-12,14-15H,13H2,1-4H3. The molecule has 0 amide bonds. The van der Waals surface area contributed by atoms with Crippen LogP contribution >= 0.6 is 0 Å². The molecule has 3 rings (SSSR count). The first-order valence-corrected chi connectivity index (χ1v) is 8.24. The Kier molecular flexibility index (Phi) is 4.37. The number of benzene rings is 1. The van der Waals surface area contributed by atoms with Crippen molar-refractivity contribution in [2.75, 3.05) is 0 Å². The van der Waals surface area contributed by atoms with Crippen molar-refractivity contribution in [1.82, 2.24) is 9.55 Å². The Hall–Kier alpha value is -2.29. The SMILES string of the molecule is CC(C)c1cn(C(C)C)c2nc(OCc3ccccc3)ccc12. The van der Waals surface area contributed by atoms with E-state index in [9.17, 15) is 0 Å². The lowest BCUT2D eigenvalue weighted by Gasteiger charge is -2.10. The summed E-state index contributed by atoms with van der Waals surface area (Å²) in [6.45, 7) is 9.35. The second-order valence-electron chi connectivity index (χ2n) is 6.54. The Labute approximate surface area is 137 Å². The summed E-state index contributed by atoms with van der Waals surface area (Å²) in [5.74, 6) is 1.16. The van der Waals surface area contributed by atoms with Crippen molar-refractivity contribution in [3.8, 4) is 5.88 Å². The summed E-state index contributed by atoms with van der Waals surface area (Å²) < 4.78 is 8.12. The molecular formula is C20H24N2O. The van der Waals surface area contributed by atoms with Crippen molar-refractivity contribution in [2.45, 2.75) is 46.3 Å². The summed E-state index contributed by atoms with van der Waals surface area (Å²) in [4.78, 5) is 4.76. The Morgan fingerprint density at radius 2 is 1.74 bits per heavy atom. The second-order valence-corrected chi connectivity index (χ2v) is 6.54. The zero-order valence-electron chi connectivity index (χ0n) is 14.3. The number of hydrogen-bond donors (Lipinski definition) is 0. The number of hydrogen-bond acceptors (Lipinski definition) is 2. The highest BCUT2D eigenvalue weighted by Gasteiger charge is 2.15. The van der Waals surface area contributed by atoms with E-state index in [0.717, 1.165) is 11.2 Å². The van der Waals surface area contributed by atoms with Gasteiger partial charge in [-0.05, 0) is 37.0 Å². The van der Waals surface area contributed by atoms with Gasteiger partial charge in [0.2, 0.25) is 5.88 Å². The van der Waals surface area contributed by atoms with E-state index in [1.165, 1.54) is 10.9 Å². The largest absolute Gasteiger partial charge is 0.473 e. The topological polar surface area (TPSA) is 27.1 Å². The van der Waals surface area contributed by atoms with Crippen LogP contribution in [0.2, 0.25) is 0 Å². The van der Waals surface area contributed by atoms with E-state index in [1.807, 2.05) is 24.3 Å². The van der Waals surface area contributed by atoms with Crippen LogP contribution in [0, 0.1) is 0 Å². The van der Waals surface area contributed by atoms with Crippen LogP contribution in [0.3, 0.4) is 0 Å². The summed E-state index contributed by atoms with van der Waals surface area (Å²) in [5.41, 5.74) is 3.50. The predicted molar refractivity (Wildman–Crippen MR) is 95.0 cm³/mol. The minimum atomic E-state index is 0.377. The summed E-state index contributed by atoms with van der Waals surface area (Å²) in [6, 6.07) is 14.7. The zero-order valence-corrected chi connectivity index (χ0v) is 14.3. The molecule has 3 heteroatoms. The van der Waals surface area contributed by atoms with E-state index < -0.39 is 0 Å². The van der Waals surface area contributed by atoms with E-state index in [2.05, 4.69) is 56.7 Å². The van der Waals surface area contributed by atoms with Crippen molar-refractivity contribution in [1.29, 1.82) is 0 Å². The van der Waals surface area contributed by atoms with Gasteiger partial charge in [-0.25, -0.2) is 0 Å². The van der Waals surface area contributed by atoms with Gasteiger partial charge in [0.25, 0.3) is 0 Å². The van der Waals surface area contributed by atoms with Crippen molar-refractivity contribution < 1.29 is 4.74 Å². The molecule has 0 N–H and O–H groups in total. The molecule has 0 unspecified atom stereocenters. The molecule has 1 aromatic carbocycles. The van der Waals surface area contributed by atoms with Gasteiger partial charge in [-0.1, -0.05) is 44.2 Å². The van der Waals surface area contributed by atoms with E-state index >= 15 is 0 Å². The molecule has 0 spiro atoms. The van der Waals surface area contributed by atoms with Gasteiger partial charge in [-0.2, -0.15) is 4.98 Å². The van der Waals surface area contributed by atoms with Crippen LogP contribution in [0.1, 0.15) is 50.8 Å². The fourth-order valence-electron chi connectivity index (χ4n) is 2.80. The third-order valence-corrected chi connectivity index (χ3v) is 4.09. The van der Waals surface area contributed by atoms with Crippen LogP contribution in [-0.4, -0.2) is 9.55 Å². The fourth-order valence-corrected chi connectivity index (χ4v) is 2.80. The number of fused-ring (bicyclic) bond motifs is 1. The van der Waals surface area contributed by atoms with Crippen LogP contribution < -0.4 is 4.74 Å². The van der Waals surface area contributed by atoms with Crippen molar-refractivity contribution in [3.63, 3.8) is 0 Å². The van der Waals surface area contributed by atoms with Crippen LogP contribution in [0.4, 0.5) is 0 Å². The van der Waals surface area contributed by atoms with E-state index in [-0.39, 0.29) is 0 Å². The number of ether oxygens (including phenoxy) is 1. The molecule has 2 heterocycles. The molecule has 0 aliphatic heterocycles. The highest BCUT2D eigenvalue weighted by atomic mass is 16.5. The quantitative estimate of drug-likeness (QED) is 0.638. The molecular weight excluding hydrogens is 284 g/mol. The average molecular weight is 308 g/mol. The van der Waals surface area contributed by atoms with Gasteiger partial charge in [0, 0.05) is 23.7 Å². The maximum Gasteiger partial charge on any atom is 0.215 e. The second kappa shape index (κ2) is 6.45. The maximum atomic E-state index is 5.88. The van der Waals surface area contributed by atoms with Gasteiger partial charge in [0.1, 0.15) is 12.3 Å². The molecule has 3 nitrogen and oxygen atoms in total. The summed E-state index contributed by atoms with van der Waals surface area (Å²) in [6.07, 6.45) is 2.23. The lowest BCUT2D eigenvalue weighted by atomic mass is 10.0. The maximum absolute atomic E-state index is 5.88. The third-order valence-electron chi connectivity index (χ3n) is 4.09. The normalized spacial score (nSPS) is 11.6. The Balaban J connectivity index is 1.93. The monoisotopic (exact) mass is 308 g/mol. The van der Waals surface area contributed by atoms with Crippen molar-refractivity contribution >= 4 is 11.0 Å². The van der Waals surface area contributed by atoms with Gasteiger partial charge in [-0.3, -0.25) is 0 Å². The molecule has 0 fully saturated rings. The molecule has 0 bridgehead atoms. The highest BCUT2D eigenvalue weighted by Crippen LogP contribution is 2.30. The van der Waals surface area contributed by atoms with Crippen LogP contribution in [-0.2, 0) is 6.61 Å². The molecule has 3 aromatic rings. The summed E-state index contributed by atoms with van der Waals surface area (Å²) >= 11 is 0. The first kappa shape index (κ1) is 15.6. The fraction of sp³-hybridized carbons (Fsp3) is 0.350. The molecule has 0 saturated heterocycles. The number of pyridine rings is 1. The Morgan fingerprint density at radius 1 is 1.00 bits per heavy atom. The van der Waals surface area contributed by atoms with E-state index in [4.69, 9.17) is 9.72 Å². The van der Waals surface area contributed by atoms with E-state index in [1.54, 1.807) is 0 Å². The molecule has 2 aromatic heterocycles.